The summed E-state index contributed by atoms with van der Waals surface area (Å²) < 4.78 is 0. The summed E-state index contributed by atoms with van der Waals surface area (Å²) in [6, 6.07) is 8.75. The minimum absolute atomic E-state index is 1.04. The second kappa shape index (κ2) is 3.73. The van der Waals surface area contributed by atoms with Crippen LogP contribution >= 0.6 is 0 Å². The Morgan fingerprint density at radius 1 is 1.23 bits per heavy atom. The first-order chi connectivity index (χ1) is 6.34. The van der Waals surface area contributed by atoms with E-state index in [4.69, 9.17) is 0 Å². The Hall–Kier alpha value is -1.11. The number of nitrogens with zero attached hydrogens (tertiary/aromatic N) is 1. The number of aliphatic imine (C=N–C) groups is 1. The van der Waals surface area contributed by atoms with Crippen LogP contribution in [-0.4, -0.2) is 12.3 Å². The van der Waals surface area contributed by atoms with Gasteiger partial charge in [0.15, 0.2) is 0 Å². The van der Waals surface area contributed by atoms with Crippen LogP contribution in [0.3, 0.4) is 0 Å². The Bertz CT molecular complexity index is 308. The number of aryl methyl sites for hydroxylation is 1. The molecule has 0 spiro atoms. The van der Waals surface area contributed by atoms with Crippen molar-refractivity contribution in [3.05, 3.63) is 35.4 Å². The molecule has 0 saturated carbocycles. The van der Waals surface area contributed by atoms with Crippen molar-refractivity contribution < 1.29 is 0 Å². The van der Waals surface area contributed by atoms with E-state index >= 15 is 0 Å². The number of hydrogen-bond donors (Lipinski definition) is 0. The molecule has 1 aliphatic heterocycles. The molecule has 1 aromatic carbocycles. The zero-order chi connectivity index (χ0) is 9.10. The van der Waals surface area contributed by atoms with Crippen molar-refractivity contribution in [2.75, 3.05) is 6.54 Å². The summed E-state index contributed by atoms with van der Waals surface area (Å²) >= 11 is 0. The third-order valence-electron chi connectivity index (χ3n) is 2.49. The SMILES string of the molecule is Cc1ccc(CC2=NCCC2)cc1. The van der Waals surface area contributed by atoms with Crippen LogP contribution in [0.15, 0.2) is 29.3 Å². The maximum Gasteiger partial charge on any atom is 0.0392 e. The fraction of sp³-hybridized carbons (Fsp3) is 0.417. The molecule has 0 atom stereocenters. The second-order valence-electron chi connectivity index (χ2n) is 3.71. The molecular weight excluding hydrogens is 158 g/mol. The minimum Gasteiger partial charge on any atom is -0.294 e. The van der Waals surface area contributed by atoms with Crippen LogP contribution in [0.4, 0.5) is 0 Å². The van der Waals surface area contributed by atoms with E-state index in [-0.39, 0.29) is 0 Å². The first-order valence-electron chi connectivity index (χ1n) is 4.92. The van der Waals surface area contributed by atoms with Gasteiger partial charge in [-0.05, 0) is 25.3 Å². The van der Waals surface area contributed by atoms with E-state index in [1.807, 2.05) is 0 Å². The van der Waals surface area contributed by atoms with Gasteiger partial charge in [-0.2, -0.15) is 0 Å². The average molecular weight is 173 g/mol. The lowest BCUT2D eigenvalue weighted by atomic mass is 10.1. The van der Waals surface area contributed by atoms with Gasteiger partial charge in [-0.25, -0.2) is 0 Å². The Balaban J connectivity index is 2.05. The topological polar surface area (TPSA) is 12.4 Å². The van der Waals surface area contributed by atoms with Gasteiger partial charge in [-0.1, -0.05) is 29.8 Å². The van der Waals surface area contributed by atoms with E-state index in [2.05, 4.69) is 36.2 Å². The van der Waals surface area contributed by atoms with Crippen LogP contribution in [0.5, 0.6) is 0 Å². The lowest BCUT2D eigenvalue weighted by molar-refractivity contribution is 0.949. The van der Waals surface area contributed by atoms with E-state index in [0.29, 0.717) is 0 Å². The van der Waals surface area contributed by atoms with E-state index in [0.717, 1.165) is 13.0 Å². The molecule has 0 amide bonds. The largest absolute Gasteiger partial charge is 0.294 e. The highest BCUT2D eigenvalue weighted by atomic mass is 14.8. The molecular formula is C12H15N. The first-order valence-corrected chi connectivity index (χ1v) is 4.92. The van der Waals surface area contributed by atoms with Crippen molar-refractivity contribution in [1.82, 2.24) is 0 Å². The molecule has 0 N–H and O–H groups in total. The fourth-order valence-electron chi connectivity index (χ4n) is 1.69. The molecule has 1 heterocycles. The molecule has 1 heteroatoms. The lowest BCUT2D eigenvalue weighted by Crippen LogP contribution is -1.98. The van der Waals surface area contributed by atoms with Gasteiger partial charge >= 0.3 is 0 Å². The Kier molecular flexibility index (Phi) is 2.44. The van der Waals surface area contributed by atoms with E-state index in [1.165, 1.54) is 29.7 Å². The van der Waals surface area contributed by atoms with Crippen LogP contribution < -0.4 is 0 Å². The molecule has 2 rings (SSSR count). The van der Waals surface area contributed by atoms with Gasteiger partial charge in [0.2, 0.25) is 0 Å². The predicted octanol–water partition coefficient (Wildman–Crippen LogP) is 2.77. The maximum atomic E-state index is 4.47. The maximum absolute atomic E-state index is 4.47. The summed E-state index contributed by atoms with van der Waals surface area (Å²) in [6.45, 7) is 3.16. The summed E-state index contributed by atoms with van der Waals surface area (Å²) in [7, 11) is 0. The van der Waals surface area contributed by atoms with E-state index < -0.39 is 0 Å². The van der Waals surface area contributed by atoms with Gasteiger partial charge in [0.25, 0.3) is 0 Å². The zero-order valence-electron chi connectivity index (χ0n) is 8.09. The van der Waals surface area contributed by atoms with Gasteiger partial charge in [0, 0.05) is 18.7 Å². The summed E-state index contributed by atoms with van der Waals surface area (Å²) in [5.41, 5.74) is 4.10. The smallest absolute Gasteiger partial charge is 0.0392 e. The van der Waals surface area contributed by atoms with Crippen molar-refractivity contribution in [3.63, 3.8) is 0 Å². The monoisotopic (exact) mass is 173 g/mol. The molecule has 13 heavy (non-hydrogen) atoms. The van der Waals surface area contributed by atoms with Crippen molar-refractivity contribution >= 4 is 5.71 Å². The van der Waals surface area contributed by atoms with Crippen molar-refractivity contribution in [2.24, 2.45) is 4.99 Å². The van der Waals surface area contributed by atoms with Crippen LogP contribution in [0.2, 0.25) is 0 Å². The lowest BCUT2D eigenvalue weighted by Gasteiger charge is -2.01. The van der Waals surface area contributed by atoms with Crippen molar-refractivity contribution in [1.29, 1.82) is 0 Å². The molecule has 0 bridgehead atoms. The highest BCUT2D eigenvalue weighted by Crippen LogP contribution is 2.11. The van der Waals surface area contributed by atoms with Gasteiger partial charge in [-0.15, -0.1) is 0 Å². The average Bonchev–Trinajstić information content (AvgIpc) is 2.62. The van der Waals surface area contributed by atoms with Gasteiger partial charge in [-0.3, -0.25) is 4.99 Å². The van der Waals surface area contributed by atoms with Crippen LogP contribution in [0.1, 0.15) is 24.0 Å². The van der Waals surface area contributed by atoms with E-state index in [1.54, 1.807) is 0 Å². The summed E-state index contributed by atoms with van der Waals surface area (Å²) in [5.74, 6) is 0. The molecule has 0 unspecified atom stereocenters. The first kappa shape index (κ1) is 8.49. The summed E-state index contributed by atoms with van der Waals surface area (Å²) in [4.78, 5) is 4.47. The fourth-order valence-corrected chi connectivity index (χ4v) is 1.69. The highest BCUT2D eigenvalue weighted by Gasteiger charge is 2.06. The third kappa shape index (κ3) is 2.18. The molecule has 1 aromatic rings. The van der Waals surface area contributed by atoms with Crippen LogP contribution in [0.25, 0.3) is 0 Å². The van der Waals surface area contributed by atoms with Crippen molar-refractivity contribution in [2.45, 2.75) is 26.2 Å². The highest BCUT2D eigenvalue weighted by molar-refractivity contribution is 5.87. The molecule has 68 valence electrons. The Morgan fingerprint density at radius 2 is 2.00 bits per heavy atom. The predicted molar refractivity (Wildman–Crippen MR) is 56.4 cm³/mol. The summed E-state index contributed by atoms with van der Waals surface area (Å²) in [5, 5.41) is 0. The van der Waals surface area contributed by atoms with Gasteiger partial charge in [0.05, 0.1) is 0 Å². The molecule has 0 aromatic heterocycles. The van der Waals surface area contributed by atoms with Gasteiger partial charge in [0.1, 0.15) is 0 Å². The molecule has 1 aliphatic rings. The normalized spacial score (nSPS) is 15.9. The quantitative estimate of drug-likeness (QED) is 0.652. The van der Waals surface area contributed by atoms with E-state index in [9.17, 15) is 0 Å². The number of benzene rings is 1. The second-order valence-corrected chi connectivity index (χ2v) is 3.71. The Labute approximate surface area is 79.5 Å². The molecule has 0 saturated heterocycles. The third-order valence-corrected chi connectivity index (χ3v) is 2.49. The number of rotatable bonds is 2. The number of hydrogen-bond acceptors (Lipinski definition) is 1. The molecule has 0 aliphatic carbocycles. The zero-order valence-corrected chi connectivity index (χ0v) is 8.09. The Morgan fingerprint density at radius 3 is 2.62 bits per heavy atom. The standard InChI is InChI=1S/C12H15N/c1-10-4-6-11(7-5-10)9-12-3-2-8-13-12/h4-7H,2-3,8-9H2,1H3. The van der Waals surface area contributed by atoms with Crippen molar-refractivity contribution in [3.8, 4) is 0 Å². The summed E-state index contributed by atoms with van der Waals surface area (Å²) in [6.07, 6.45) is 3.51. The molecule has 1 nitrogen and oxygen atoms in total. The minimum atomic E-state index is 1.04. The van der Waals surface area contributed by atoms with Gasteiger partial charge < -0.3 is 0 Å². The van der Waals surface area contributed by atoms with Crippen LogP contribution in [0, 0.1) is 6.92 Å². The molecule has 0 radical (unpaired) electrons. The molecule has 0 fully saturated rings. The van der Waals surface area contributed by atoms with Crippen LogP contribution in [-0.2, 0) is 6.42 Å².